The predicted molar refractivity (Wildman–Crippen MR) is 168 cm³/mol. The average Bonchev–Trinajstić information content (AvgIpc) is 3.69. The van der Waals surface area contributed by atoms with Crippen LogP contribution in [0.2, 0.25) is 0 Å². The topological polar surface area (TPSA) is 35.1 Å². The predicted octanol–water partition coefficient (Wildman–Crippen LogP) is 8.86. The van der Waals surface area contributed by atoms with Gasteiger partial charge in [-0.1, -0.05) is 60.7 Å². The maximum Gasteiger partial charge on any atom is 0.148 e. The van der Waals surface area contributed by atoms with Crippen LogP contribution in [0.15, 0.2) is 121 Å². The van der Waals surface area contributed by atoms with E-state index in [2.05, 4.69) is 118 Å². The Kier molecular flexibility index (Phi) is 3.95. The summed E-state index contributed by atoms with van der Waals surface area (Å²) in [5.74, 6) is 0. The largest absolute Gasteiger partial charge is 0.309 e. The molecule has 10 rings (SSSR count). The molecule has 0 N–H and O–H groups in total. The van der Waals surface area contributed by atoms with Crippen LogP contribution < -0.4 is 0 Å². The van der Waals surface area contributed by atoms with Gasteiger partial charge in [-0.05, 0) is 88.7 Å². The van der Waals surface area contributed by atoms with E-state index in [1.54, 1.807) is 0 Å². The Labute approximate surface area is 234 Å². The molecule has 4 nitrogen and oxygen atoms in total. The molecule has 0 amide bonds. The zero-order chi connectivity index (χ0) is 26.7. The van der Waals surface area contributed by atoms with Crippen LogP contribution in [-0.2, 0) is 6.42 Å². The second-order valence-electron chi connectivity index (χ2n) is 11.0. The highest BCUT2D eigenvalue weighted by atomic mass is 15.1. The van der Waals surface area contributed by atoms with Crippen molar-refractivity contribution in [2.24, 2.45) is 0 Å². The van der Waals surface area contributed by atoms with Gasteiger partial charge in [-0.25, -0.2) is 9.97 Å². The Morgan fingerprint density at radius 1 is 0.537 bits per heavy atom. The molecule has 0 unspecified atom stereocenters. The van der Waals surface area contributed by atoms with Crippen molar-refractivity contribution in [3.05, 3.63) is 133 Å². The van der Waals surface area contributed by atoms with E-state index in [-0.39, 0.29) is 0 Å². The van der Waals surface area contributed by atoms with Crippen LogP contribution in [0, 0.1) is 0 Å². The van der Waals surface area contributed by atoms with Gasteiger partial charge in [0.15, 0.2) is 0 Å². The van der Waals surface area contributed by atoms with E-state index in [1.165, 1.54) is 54.8 Å². The summed E-state index contributed by atoms with van der Waals surface area (Å²) in [4.78, 5) is 10.1. The summed E-state index contributed by atoms with van der Waals surface area (Å²) in [5.41, 5.74) is 13.0. The summed E-state index contributed by atoms with van der Waals surface area (Å²) >= 11 is 0. The molecule has 1 aliphatic carbocycles. The van der Waals surface area contributed by atoms with Crippen LogP contribution in [0.3, 0.4) is 0 Å². The third kappa shape index (κ3) is 2.69. The fourth-order valence-electron chi connectivity index (χ4n) is 7.24. The van der Waals surface area contributed by atoms with E-state index >= 15 is 0 Å². The van der Waals surface area contributed by atoms with Gasteiger partial charge >= 0.3 is 0 Å². The van der Waals surface area contributed by atoms with Gasteiger partial charge in [0.05, 0.1) is 22.1 Å². The highest BCUT2D eigenvalue weighted by Crippen LogP contribution is 2.45. The molecule has 0 fully saturated rings. The van der Waals surface area contributed by atoms with Gasteiger partial charge in [0.2, 0.25) is 0 Å². The first kappa shape index (κ1) is 21.4. The van der Waals surface area contributed by atoms with Crippen molar-refractivity contribution in [1.82, 2.24) is 18.9 Å². The molecule has 4 aromatic heterocycles. The highest BCUT2D eigenvalue weighted by Gasteiger charge is 2.25. The molecule has 5 aromatic carbocycles. The number of nitrogens with zero attached hydrogens (tertiary/aromatic N) is 4. The van der Waals surface area contributed by atoms with E-state index in [0.717, 1.165) is 39.8 Å². The summed E-state index contributed by atoms with van der Waals surface area (Å²) in [6.07, 6.45) is 2.84. The average molecular weight is 523 g/mol. The number of para-hydroxylation sites is 3. The summed E-state index contributed by atoms with van der Waals surface area (Å²) in [5, 5.41) is 5.99. The quantitative estimate of drug-likeness (QED) is 0.202. The molecular formula is C37H22N4. The Morgan fingerprint density at radius 3 is 2.34 bits per heavy atom. The van der Waals surface area contributed by atoms with Crippen molar-refractivity contribution < 1.29 is 0 Å². The second kappa shape index (κ2) is 7.58. The van der Waals surface area contributed by atoms with Crippen molar-refractivity contribution in [3.63, 3.8) is 0 Å². The summed E-state index contributed by atoms with van der Waals surface area (Å²) < 4.78 is 4.68. The van der Waals surface area contributed by atoms with E-state index in [0.29, 0.717) is 0 Å². The molecule has 9 aromatic rings. The number of aromatic nitrogens is 4. The van der Waals surface area contributed by atoms with Gasteiger partial charge in [0.25, 0.3) is 0 Å². The number of benzene rings is 5. The fraction of sp³-hybridized carbons (Fsp3) is 0.0270. The first-order valence-electron chi connectivity index (χ1n) is 14.1. The molecule has 0 aliphatic heterocycles. The second-order valence-corrected chi connectivity index (χ2v) is 11.0. The van der Waals surface area contributed by atoms with Gasteiger partial charge in [-0.2, -0.15) is 0 Å². The smallest absolute Gasteiger partial charge is 0.148 e. The molecule has 0 bridgehead atoms. The number of hydrogen-bond acceptors (Lipinski definition) is 2. The molecule has 0 saturated carbocycles. The van der Waals surface area contributed by atoms with Crippen LogP contribution in [0.5, 0.6) is 0 Å². The molecule has 1 aliphatic rings. The fourth-order valence-corrected chi connectivity index (χ4v) is 7.24. The maximum absolute atomic E-state index is 5.25. The van der Waals surface area contributed by atoms with E-state index in [4.69, 9.17) is 9.97 Å². The Hall–Kier alpha value is -5.48. The van der Waals surface area contributed by atoms with Gasteiger partial charge in [0, 0.05) is 33.4 Å². The molecule has 0 atom stereocenters. The lowest BCUT2D eigenvalue weighted by molar-refractivity contribution is 1.18. The number of hydrogen-bond donors (Lipinski definition) is 0. The molecule has 4 heteroatoms. The summed E-state index contributed by atoms with van der Waals surface area (Å²) in [6.45, 7) is 0. The zero-order valence-electron chi connectivity index (χ0n) is 22.0. The third-order valence-electron chi connectivity index (χ3n) is 8.93. The minimum atomic E-state index is 0.936. The van der Waals surface area contributed by atoms with Gasteiger partial charge < -0.3 is 4.57 Å². The molecule has 0 spiro atoms. The minimum absolute atomic E-state index is 0.936. The monoisotopic (exact) mass is 522 g/mol. The van der Waals surface area contributed by atoms with Gasteiger partial charge in [-0.15, -0.1) is 0 Å². The molecule has 0 saturated heterocycles. The number of rotatable bonds is 1. The lowest BCUT2D eigenvalue weighted by atomic mass is 9.99. The highest BCUT2D eigenvalue weighted by molar-refractivity contribution is 6.29. The third-order valence-corrected chi connectivity index (χ3v) is 8.93. The number of pyridine rings is 2. The Balaban J connectivity index is 1.48. The van der Waals surface area contributed by atoms with Gasteiger partial charge in [0.1, 0.15) is 11.3 Å². The van der Waals surface area contributed by atoms with Crippen LogP contribution in [0.1, 0.15) is 11.1 Å². The standard InChI is InChI=1S/C37H22N4/c1-2-10-24(11-3-1)40-32-17-16-26-27-13-8-18-38-36(27)41-31-15-7-6-14-30(31)39-37(41)35(26)34(32)29-20-23-19-22-9-4-5-12-25(22)28(23)21-33(29)40/h1-18,20-21H,19H2. The lowest BCUT2D eigenvalue weighted by Gasteiger charge is -2.11. The van der Waals surface area contributed by atoms with E-state index in [1.807, 2.05) is 12.3 Å². The van der Waals surface area contributed by atoms with Crippen molar-refractivity contribution in [3.8, 4) is 16.8 Å². The van der Waals surface area contributed by atoms with E-state index < -0.39 is 0 Å². The van der Waals surface area contributed by atoms with Crippen molar-refractivity contribution in [2.75, 3.05) is 0 Å². The molecule has 4 heterocycles. The van der Waals surface area contributed by atoms with Crippen molar-refractivity contribution in [1.29, 1.82) is 0 Å². The summed E-state index contributed by atoms with van der Waals surface area (Å²) in [7, 11) is 0. The SMILES string of the molecule is c1ccc(-n2c3cc4c(cc3c3c5c(ccc32)c2cccnc2n2c3ccccc3nc52)Cc2ccccc2-4)cc1. The molecular weight excluding hydrogens is 500 g/mol. The first-order valence-corrected chi connectivity index (χ1v) is 14.1. The van der Waals surface area contributed by atoms with Gasteiger partial charge in [-0.3, -0.25) is 4.40 Å². The molecule has 190 valence electrons. The lowest BCUT2D eigenvalue weighted by Crippen LogP contribution is -1.95. The van der Waals surface area contributed by atoms with Crippen LogP contribution in [0.4, 0.5) is 0 Å². The Bertz CT molecular complexity index is 2550. The Morgan fingerprint density at radius 2 is 1.39 bits per heavy atom. The van der Waals surface area contributed by atoms with Crippen molar-refractivity contribution >= 4 is 60.3 Å². The summed E-state index contributed by atoms with van der Waals surface area (Å²) in [6, 6.07) is 41.6. The first-order chi connectivity index (χ1) is 20.3. The zero-order valence-corrected chi connectivity index (χ0v) is 22.0. The van der Waals surface area contributed by atoms with Crippen molar-refractivity contribution in [2.45, 2.75) is 6.42 Å². The molecule has 0 radical (unpaired) electrons. The normalized spacial score (nSPS) is 12.8. The minimum Gasteiger partial charge on any atom is -0.309 e. The maximum atomic E-state index is 5.25. The van der Waals surface area contributed by atoms with Crippen LogP contribution >= 0.6 is 0 Å². The van der Waals surface area contributed by atoms with Crippen LogP contribution in [0.25, 0.3) is 77.1 Å². The van der Waals surface area contributed by atoms with E-state index in [9.17, 15) is 0 Å². The number of fused-ring (bicyclic) bond motifs is 15. The van der Waals surface area contributed by atoms with Crippen LogP contribution in [-0.4, -0.2) is 18.9 Å². The number of imidazole rings is 1. The molecule has 41 heavy (non-hydrogen) atoms.